The van der Waals surface area contributed by atoms with E-state index in [2.05, 4.69) is 171 Å². The molecule has 1 heteroatoms. The summed E-state index contributed by atoms with van der Waals surface area (Å²) < 4.78 is 6.54. The average Bonchev–Trinajstić information content (AvgIpc) is 3.11. The third-order valence-electron chi connectivity index (χ3n) is 9.33. The molecule has 0 saturated carbocycles. The van der Waals surface area contributed by atoms with Crippen LogP contribution in [0.5, 0.6) is 11.5 Å². The first-order valence-electron chi connectivity index (χ1n) is 15.9. The summed E-state index contributed by atoms with van der Waals surface area (Å²) in [5.74, 6) is 1.82. The second-order valence-electron chi connectivity index (χ2n) is 12.1. The lowest BCUT2D eigenvalue weighted by atomic mass is 9.90. The summed E-state index contributed by atoms with van der Waals surface area (Å²) in [6, 6.07) is 52.6. The second-order valence-corrected chi connectivity index (χ2v) is 12.1. The van der Waals surface area contributed by atoms with E-state index in [0.29, 0.717) is 0 Å². The number of ether oxygens (including phenoxy) is 1. The van der Waals surface area contributed by atoms with Gasteiger partial charge in [-0.3, -0.25) is 0 Å². The molecule has 0 aromatic heterocycles. The lowest BCUT2D eigenvalue weighted by molar-refractivity contribution is 0.487. The summed E-state index contributed by atoms with van der Waals surface area (Å²) in [7, 11) is 0. The van der Waals surface area contributed by atoms with Gasteiger partial charge in [0, 0.05) is 10.9 Å². The Morgan fingerprint density at radius 3 is 2.04 bits per heavy atom. The molecule has 0 spiro atoms. The zero-order valence-corrected chi connectivity index (χ0v) is 25.5. The minimum atomic E-state index is 0.895. The van der Waals surface area contributed by atoms with Crippen LogP contribution in [0.2, 0.25) is 0 Å². The molecule has 0 N–H and O–H groups in total. The SMILES string of the molecule is C/C=C\C(=C/c1ccc(-c2ccc3c(ccc4ccccc43)c2)cc1)c1ccc2c(c1)-c1cccc3c1c(cc1ccccc13)O2. The Labute approximate surface area is 268 Å². The zero-order valence-electron chi connectivity index (χ0n) is 25.5. The smallest absolute Gasteiger partial charge is 0.136 e. The molecule has 0 unspecified atom stereocenters. The third kappa shape index (κ3) is 4.32. The highest BCUT2D eigenvalue weighted by Crippen LogP contribution is 2.49. The number of fused-ring (bicyclic) bond motifs is 7. The molecule has 216 valence electrons. The molecular weight excluding hydrogens is 556 g/mol. The van der Waals surface area contributed by atoms with Crippen LogP contribution in [0.4, 0.5) is 0 Å². The van der Waals surface area contributed by atoms with Crippen molar-refractivity contribution in [1.82, 2.24) is 0 Å². The molecular formula is C45H30O. The molecule has 9 rings (SSSR count). The van der Waals surface area contributed by atoms with Crippen LogP contribution in [-0.2, 0) is 0 Å². The van der Waals surface area contributed by atoms with Gasteiger partial charge in [-0.05, 0) is 108 Å². The molecule has 8 aromatic carbocycles. The molecule has 46 heavy (non-hydrogen) atoms. The lowest BCUT2D eigenvalue weighted by Crippen LogP contribution is -1.98. The van der Waals surface area contributed by atoms with E-state index in [1.165, 1.54) is 59.8 Å². The molecule has 0 bridgehead atoms. The minimum Gasteiger partial charge on any atom is -0.456 e. The summed E-state index contributed by atoms with van der Waals surface area (Å²) >= 11 is 0. The predicted octanol–water partition coefficient (Wildman–Crippen LogP) is 12.9. The molecule has 0 atom stereocenters. The Balaban J connectivity index is 1.08. The van der Waals surface area contributed by atoms with Crippen LogP contribution >= 0.6 is 0 Å². The van der Waals surface area contributed by atoms with Crippen molar-refractivity contribution in [3.63, 3.8) is 0 Å². The van der Waals surface area contributed by atoms with Gasteiger partial charge < -0.3 is 4.74 Å². The number of rotatable bonds is 4. The van der Waals surface area contributed by atoms with E-state index in [4.69, 9.17) is 4.74 Å². The van der Waals surface area contributed by atoms with Gasteiger partial charge in [-0.15, -0.1) is 0 Å². The minimum absolute atomic E-state index is 0.895. The normalized spacial score (nSPS) is 12.7. The number of hydrogen-bond acceptors (Lipinski definition) is 1. The van der Waals surface area contributed by atoms with Crippen LogP contribution in [0.25, 0.3) is 77.0 Å². The number of benzene rings is 8. The number of hydrogen-bond donors (Lipinski definition) is 0. The maximum Gasteiger partial charge on any atom is 0.136 e. The Bertz CT molecular complexity index is 2550. The Morgan fingerprint density at radius 1 is 0.500 bits per heavy atom. The third-order valence-corrected chi connectivity index (χ3v) is 9.33. The van der Waals surface area contributed by atoms with Gasteiger partial charge in [0.05, 0.1) is 0 Å². The van der Waals surface area contributed by atoms with Gasteiger partial charge in [0.2, 0.25) is 0 Å². The van der Waals surface area contributed by atoms with Crippen molar-refractivity contribution in [3.8, 4) is 33.8 Å². The van der Waals surface area contributed by atoms with E-state index in [0.717, 1.165) is 33.8 Å². The summed E-state index contributed by atoms with van der Waals surface area (Å²) in [5.41, 5.74) is 8.26. The molecule has 0 aliphatic carbocycles. The molecule has 0 saturated heterocycles. The quantitative estimate of drug-likeness (QED) is 0.113. The number of allylic oxidation sites excluding steroid dienone is 3. The van der Waals surface area contributed by atoms with Gasteiger partial charge in [-0.1, -0.05) is 133 Å². The van der Waals surface area contributed by atoms with E-state index in [-0.39, 0.29) is 0 Å². The van der Waals surface area contributed by atoms with Gasteiger partial charge in [0.25, 0.3) is 0 Å². The average molecular weight is 587 g/mol. The van der Waals surface area contributed by atoms with Crippen LogP contribution in [0.3, 0.4) is 0 Å². The summed E-state index contributed by atoms with van der Waals surface area (Å²) in [5, 5.41) is 9.98. The first-order chi connectivity index (χ1) is 22.7. The largest absolute Gasteiger partial charge is 0.456 e. The zero-order chi connectivity index (χ0) is 30.6. The molecule has 0 amide bonds. The standard InChI is InChI=1S/C45H30O/c1-2-8-32(25-29-15-17-30(18-16-29)33-21-23-39-36(26-33)20-19-31-9-3-5-11-37(31)39)34-22-24-43-42(27-34)41-14-7-13-40-38-12-6-4-10-35(38)28-44(46-43)45(40)41/h2-28H,1H3/b8-2-,32-25+. The fourth-order valence-corrected chi connectivity index (χ4v) is 7.11. The van der Waals surface area contributed by atoms with E-state index in [9.17, 15) is 0 Å². The molecule has 1 aliphatic rings. The van der Waals surface area contributed by atoms with Gasteiger partial charge >= 0.3 is 0 Å². The highest BCUT2D eigenvalue weighted by molar-refractivity contribution is 6.16. The lowest BCUT2D eigenvalue weighted by Gasteiger charge is -2.23. The van der Waals surface area contributed by atoms with E-state index in [1.807, 2.05) is 0 Å². The van der Waals surface area contributed by atoms with Crippen molar-refractivity contribution < 1.29 is 4.74 Å². The molecule has 0 fully saturated rings. The maximum absolute atomic E-state index is 6.54. The molecule has 1 nitrogen and oxygen atoms in total. The Kier molecular flexibility index (Phi) is 6.11. The molecule has 1 aliphatic heterocycles. The predicted molar refractivity (Wildman–Crippen MR) is 197 cm³/mol. The summed E-state index contributed by atoms with van der Waals surface area (Å²) in [6.07, 6.45) is 6.57. The fourth-order valence-electron chi connectivity index (χ4n) is 7.11. The van der Waals surface area contributed by atoms with Crippen molar-refractivity contribution in [2.45, 2.75) is 6.92 Å². The maximum atomic E-state index is 6.54. The van der Waals surface area contributed by atoms with Crippen LogP contribution < -0.4 is 4.74 Å². The van der Waals surface area contributed by atoms with Crippen molar-refractivity contribution in [2.75, 3.05) is 0 Å². The first kappa shape index (κ1) is 26.5. The summed E-state index contributed by atoms with van der Waals surface area (Å²) in [6.45, 7) is 2.07. The Hall–Kier alpha value is -5.92. The van der Waals surface area contributed by atoms with Gasteiger partial charge in [-0.25, -0.2) is 0 Å². The van der Waals surface area contributed by atoms with Crippen molar-refractivity contribution >= 4 is 54.7 Å². The van der Waals surface area contributed by atoms with Gasteiger partial charge in [-0.2, -0.15) is 0 Å². The van der Waals surface area contributed by atoms with E-state index in [1.54, 1.807) is 0 Å². The van der Waals surface area contributed by atoms with E-state index < -0.39 is 0 Å². The fraction of sp³-hybridized carbons (Fsp3) is 0.0222. The van der Waals surface area contributed by atoms with Gasteiger partial charge in [0.1, 0.15) is 11.5 Å². The summed E-state index contributed by atoms with van der Waals surface area (Å²) in [4.78, 5) is 0. The molecule has 0 radical (unpaired) electrons. The highest BCUT2D eigenvalue weighted by atomic mass is 16.5. The monoisotopic (exact) mass is 586 g/mol. The van der Waals surface area contributed by atoms with Crippen LogP contribution in [0, 0.1) is 0 Å². The van der Waals surface area contributed by atoms with Crippen LogP contribution in [-0.4, -0.2) is 0 Å². The van der Waals surface area contributed by atoms with Crippen molar-refractivity contribution in [1.29, 1.82) is 0 Å². The first-order valence-corrected chi connectivity index (χ1v) is 15.9. The van der Waals surface area contributed by atoms with Crippen LogP contribution in [0.1, 0.15) is 18.1 Å². The van der Waals surface area contributed by atoms with Gasteiger partial charge in [0.15, 0.2) is 0 Å². The molecule has 8 aromatic rings. The topological polar surface area (TPSA) is 9.23 Å². The van der Waals surface area contributed by atoms with E-state index >= 15 is 0 Å². The van der Waals surface area contributed by atoms with Crippen LogP contribution in [0.15, 0.2) is 158 Å². The van der Waals surface area contributed by atoms with Crippen molar-refractivity contribution in [3.05, 3.63) is 169 Å². The van der Waals surface area contributed by atoms with Crippen molar-refractivity contribution in [2.24, 2.45) is 0 Å². The Morgan fingerprint density at radius 2 is 1.20 bits per heavy atom. The second kappa shape index (κ2) is 10.6. The highest BCUT2D eigenvalue weighted by Gasteiger charge is 2.22. The molecule has 1 heterocycles.